The van der Waals surface area contributed by atoms with Crippen molar-refractivity contribution in [3.63, 3.8) is 0 Å². The maximum Gasteiger partial charge on any atom is 0.240 e. The Morgan fingerprint density at radius 2 is 1.54 bits per heavy atom. The Balaban J connectivity index is 2.22. The zero-order valence-corrected chi connectivity index (χ0v) is 15.8. The standard InChI is InChI=1S/C19H26N2O2S/c1-14-7-10-17(11-8-14)18(21(4)5)13-20-24(22,23)19-12-15(2)6-9-16(19)3/h6-12,18,20H,13H2,1-5H3. The van der Waals surface area contributed by atoms with E-state index < -0.39 is 10.0 Å². The Morgan fingerprint density at radius 1 is 0.958 bits per heavy atom. The van der Waals surface area contributed by atoms with Gasteiger partial charge >= 0.3 is 0 Å². The van der Waals surface area contributed by atoms with Crippen LogP contribution in [0.15, 0.2) is 47.4 Å². The van der Waals surface area contributed by atoms with Crippen LogP contribution in [0.5, 0.6) is 0 Å². The molecule has 0 saturated carbocycles. The molecule has 0 radical (unpaired) electrons. The molecule has 0 bridgehead atoms. The van der Waals surface area contributed by atoms with Gasteiger partial charge in [-0.05, 0) is 57.6 Å². The summed E-state index contributed by atoms with van der Waals surface area (Å²) in [6.07, 6.45) is 0. The van der Waals surface area contributed by atoms with Gasteiger partial charge in [-0.3, -0.25) is 0 Å². The third-order valence-electron chi connectivity index (χ3n) is 4.19. The molecule has 0 aliphatic heterocycles. The van der Waals surface area contributed by atoms with Crippen LogP contribution in [0.1, 0.15) is 28.3 Å². The minimum atomic E-state index is -3.53. The number of hydrogen-bond donors (Lipinski definition) is 1. The number of sulfonamides is 1. The molecule has 0 heterocycles. The lowest BCUT2D eigenvalue weighted by Gasteiger charge is -2.25. The van der Waals surface area contributed by atoms with Gasteiger partial charge < -0.3 is 4.90 Å². The fourth-order valence-corrected chi connectivity index (χ4v) is 4.02. The average Bonchev–Trinajstić information content (AvgIpc) is 2.51. The maximum absolute atomic E-state index is 12.7. The van der Waals surface area contributed by atoms with Crippen molar-refractivity contribution in [2.24, 2.45) is 0 Å². The first-order valence-corrected chi connectivity index (χ1v) is 9.49. The molecule has 2 aromatic carbocycles. The van der Waals surface area contributed by atoms with Gasteiger partial charge in [-0.15, -0.1) is 0 Å². The van der Waals surface area contributed by atoms with Gasteiger partial charge in [0.15, 0.2) is 0 Å². The molecule has 0 fully saturated rings. The fourth-order valence-electron chi connectivity index (χ4n) is 2.65. The monoisotopic (exact) mass is 346 g/mol. The van der Waals surface area contributed by atoms with Crippen LogP contribution >= 0.6 is 0 Å². The second kappa shape index (κ2) is 7.47. The number of rotatable bonds is 6. The molecule has 0 aromatic heterocycles. The molecule has 0 saturated heterocycles. The fraction of sp³-hybridized carbons (Fsp3) is 0.368. The van der Waals surface area contributed by atoms with Gasteiger partial charge in [0.2, 0.25) is 10.0 Å². The van der Waals surface area contributed by atoms with E-state index in [1.807, 2.05) is 76.2 Å². The Hall–Kier alpha value is -1.69. The summed E-state index contributed by atoms with van der Waals surface area (Å²) in [5.41, 5.74) is 3.97. The van der Waals surface area contributed by atoms with Crippen molar-refractivity contribution in [1.82, 2.24) is 9.62 Å². The van der Waals surface area contributed by atoms with Crippen LogP contribution in [0.25, 0.3) is 0 Å². The van der Waals surface area contributed by atoms with Crippen LogP contribution < -0.4 is 4.72 Å². The maximum atomic E-state index is 12.7. The SMILES string of the molecule is Cc1ccc(C(CNS(=O)(=O)c2cc(C)ccc2C)N(C)C)cc1. The molecule has 1 unspecified atom stereocenters. The van der Waals surface area contributed by atoms with Gasteiger partial charge in [-0.1, -0.05) is 42.0 Å². The molecule has 0 spiro atoms. The van der Waals surface area contributed by atoms with Crippen LogP contribution in [-0.4, -0.2) is 34.0 Å². The first-order valence-electron chi connectivity index (χ1n) is 8.00. The quantitative estimate of drug-likeness (QED) is 0.874. The second-order valence-electron chi connectivity index (χ2n) is 6.51. The van der Waals surface area contributed by atoms with E-state index in [0.29, 0.717) is 11.4 Å². The molecule has 2 rings (SSSR count). The lowest BCUT2D eigenvalue weighted by molar-refractivity contribution is 0.299. The third-order valence-corrected chi connectivity index (χ3v) is 5.75. The topological polar surface area (TPSA) is 49.4 Å². The summed E-state index contributed by atoms with van der Waals surface area (Å²) in [4.78, 5) is 2.37. The Kier molecular flexibility index (Phi) is 5.80. The van der Waals surface area contributed by atoms with Crippen molar-refractivity contribution < 1.29 is 8.42 Å². The Labute approximate surface area is 145 Å². The van der Waals surface area contributed by atoms with Gasteiger partial charge in [0.1, 0.15) is 0 Å². The van der Waals surface area contributed by atoms with Crippen LogP contribution in [0.2, 0.25) is 0 Å². The zero-order chi connectivity index (χ0) is 17.9. The van der Waals surface area contributed by atoms with E-state index in [0.717, 1.165) is 16.7 Å². The molecule has 1 atom stereocenters. The van der Waals surface area contributed by atoms with Crippen LogP contribution in [0.3, 0.4) is 0 Å². The lowest BCUT2D eigenvalue weighted by atomic mass is 10.0. The third kappa shape index (κ3) is 4.44. The van der Waals surface area contributed by atoms with E-state index >= 15 is 0 Å². The van der Waals surface area contributed by atoms with Gasteiger partial charge in [0.05, 0.1) is 4.90 Å². The molecular formula is C19H26N2O2S. The number of aryl methyl sites for hydroxylation is 3. The predicted molar refractivity (Wildman–Crippen MR) is 98.7 cm³/mol. The highest BCUT2D eigenvalue weighted by Gasteiger charge is 2.21. The first kappa shape index (κ1) is 18.6. The smallest absolute Gasteiger partial charge is 0.240 e. The number of benzene rings is 2. The van der Waals surface area contributed by atoms with E-state index in [9.17, 15) is 8.42 Å². The van der Waals surface area contributed by atoms with Gasteiger partial charge in [-0.25, -0.2) is 13.1 Å². The average molecular weight is 346 g/mol. The van der Waals surface area contributed by atoms with Crippen molar-refractivity contribution in [1.29, 1.82) is 0 Å². The predicted octanol–water partition coefficient (Wildman–Crippen LogP) is 3.19. The van der Waals surface area contributed by atoms with Crippen molar-refractivity contribution in [2.45, 2.75) is 31.7 Å². The first-order chi connectivity index (χ1) is 11.2. The lowest BCUT2D eigenvalue weighted by Crippen LogP contribution is -2.34. The van der Waals surface area contributed by atoms with E-state index in [1.165, 1.54) is 5.56 Å². The molecule has 4 nitrogen and oxygen atoms in total. The van der Waals surface area contributed by atoms with Gasteiger partial charge in [0.25, 0.3) is 0 Å². The largest absolute Gasteiger partial charge is 0.301 e. The van der Waals surface area contributed by atoms with Crippen molar-refractivity contribution in [2.75, 3.05) is 20.6 Å². The van der Waals surface area contributed by atoms with E-state index in [-0.39, 0.29) is 6.04 Å². The number of nitrogens with zero attached hydrogens (tertiary/aromatic N) is 1. The normalized spacial score (nSPS) is 13.2. The summed E-state index contributed by atoms with van der Waals surface area (Å²) >= 11 is 0. The molecule has 0 aliphatic rings. The summed E-state index contributed by atoms with van der Waals surface area (Å²) in [6.45, 7) is 6.08. The summed E-state index contributed by atoms with van der Waals surface area (Å²) < 4.78 is 28.1. The summed E-state index contributed by atoms with van der Waals surface area (Å²) in [5.74, 6) is 0. The summed E-state index contributed by atoms with van der Waals surface area (Å²) in [6, 6.07) is 13.6. The molecule has 1 N–H and O–H groups in total. The molecular weight excluding hydrogens is 320 g/mol. The van der Waals surface area contributed by atoms with Crippen LogP contribution in [0, 0.1) is 20.8 Å². The highest BCUT2D eigenvalue weighted by Crippen LogP contribution is 2.20. The molecule has 2 aromatic rings. The van der Waals surface area contributed by atoms with Crippen LogP contribution in [-0.2, 0) is 10.0 Å². The van der Waals surface area contributed by atoms with Crippen molar-refractivity contribution in [3.8, 4) is 0 Å². The zero-order valence-electron chi connectivity index (χ0n) is 15.0. The Bertz CT molecular complexity index is 797. The van der Waals surface area contributed by atoms with E-state index in [4.69, 9.17) is 0 Å². The van der Waals surface area contributed by atoms with Gasteiger partial charge in [0, 0.05) is 12.6 Å². The number of likely N-dealkylation sites (N-methyl/N-ethyl adjacent to an activating group) is 1. The minimum absolute atomic E-state index is 0.0227. The van der Waals surface area contributed by atoms with Crippen LogP contribution in [0.4, 0.5) is 0 Å². The molecule has 0 amide bonds. The van der Waals surface area contributed by atoms with Crippen molar-refractivity contribution in [3.05, 3.63) is 64.7 Å². The molecule has 5 heteroatoms. The highest BCUT2D eigenvalue weighted by atomic mass is 32.2. The van der Waals surface area contributed by atoms with E-state index in [1.54, 1.807) is 6.07 Å². The highest BCUT2D eigenvalue weighted by molar-refractivity contribution is 7.89. The summed E-state index contributed by atoms with van der Waals surface area (Å²) in [7, 11) is 0.375. The van der Waals surface area contributed by atoms with Crippen molar-refractivity contribution >= 4 is 10.0 Å². The molecule has 130 valence electrons. The number of nitrogens with one attached hydrogen (secondary N) is 1. The van der Waals surface area contributed by atoms with Gasteiger partial charge in [-0.2, -0.15) is 0 Å². The second-order valence-corrected chi connectivity index (χ2v) is 8.25. The minimum Gasteiger partial charge on any atom is -0.301 e. The summed E-state index contributed by atoms with van der Waals surface area (Å²) in [5, 5.41) is 0. The number of hydrogen-bond acceptors (Lipinski definition) is 3. The molecule has 24 heavy (non-hydrogen) atoms. The Morgan fingerprint density at radius 3 is 2.12 bits per heavy atom. The van der Waals surface area contributed by atoms with E-state index in [2.05, 4.69) is 4.72 Å². The molecule has 0 aliphatic carbocycles.